The van der Waals surface area contributed by atoms with Crippen LogP contribution in [0.2, 0.25) is 0 Å². The van der Waals surface area contributed by atoms with Crippen LogP contribution in [0, 0.1) is 0 Å². The van der Waals surface area contributed by atoms with Gasteiger partial charge in [0.05, 0.1) is 6.33 Å². The molecule has 0 spiro atoms. The summed E-state index contributed by atoms with van der Waals surface area (Å²) in [5, 5.41) is 2.95. The lowest BCUT2D eigenvalue weighted by Gasteiger charge is -2.05. The van der Waals surface area contributed by atoms with E-state index in [9.17, 15) is 4.79 Å². The van der Waals surface area contributed by atoms with Crippen LogP contribution in [0.15, 0.2) is 11.1 Å². The van der Waals surface area contributed by atoms with Gasteiger partial charge in [0.15, 0.2) is 5.82 Å². The smallest absolute Gasteiger partial charge is 0.276 e. The highest BCUT2D eigenvalue weighted by atomic mass is 16.1. The maximum Gasteiger partial charge on any atom is 0.276 e. The number of aromatic nitrogens is 2. The van der Waals surface area contributed by atoms with E-state index in [0.717, 1.165) is 19.4 Å². The number of aromatic amines is 1. The van der Waals surface area contributed by atoms with Gasteiger partial charge < -0.3 is 16.0 Å². The van der Waals surface area contributed by atoms with Crippen molar-refractivity contribution in [1.82, 2.24) is 9.97 Å². The fourth-order valence-corrected chi connectivity index (χ4v) is 0.974. The lowest BCUT2D eigenvalue weighted by atomic mass is 10.3. The zero-order chi connectivity index (χ0) is 9.68. The second kappa shape index (κ2) is 4.49. The molecule has 5 heteroatoms. The minimum Gasteiger partial charge on any atom is -0.382 e. The Morgan fingerprint density at radius 3 is 3.08 bits per heavy atom. The molecule has 0 amide bonds. The minimum absolute atomic E-state index is 0.219. The first-order chi connectivity index (χ1) is 6.25. The van der Waals surface area contributed by atoms with Crippen LogP contribution < -0.4 is 16.6 Å². The summed E-state index contributed by atoms with van der Waals surface area (Å²) in [5.41, 5.74) is 5.66. The summed E-state index contributed by atoms with van der Waals surface area (Å²) in [4.78, 5) is 17.4. The molecule has 5 nitrogen and oxygen atoms in total. The number of H-pyrrole nitrogens is 1. The summed E-state index contributed by atoms with van der Waals surface area (Å²) in [5.74, 6) is 0.250. The standard InChI is InChI=1S/C8H14N4O/c1-2-3-4-10-6-7(9)11-5-12-8(6)13/h5,10H,2-4H2,1H3,(H3,9,11,12,13). The van der Waals surface area contributed by atoms with E-state index in [1.165, 1.54) is 6.33 Å². The molecule has 0 aliphatic carbocycles. The van der Waals surface area contributed by atoms with Crippen molar-refractivity contribution < 1.29 is 0 Å². The molecule has 0 saturated heterocycles. The molecule has 1 aromatic heterocycles. The van der Waals surface area contributed by atoms with E-state index >= 15 is 0 Å². The van der Waals surface area contributed by atoms with Gasteiger partial charge in [0.25, 0.3) is 5.56 Å². The molecule has 0 bridgehead atoms. The summed E-state index contributed by atoms with van der Waals surface area (Å²) >= 11 is 0. The highest BCUT2D eigenvalue weighted by Crippen LogP contribution is 2.06. The molecule has 72 valence electrons. The third kappa shape index (κ3) is 2.47. The molecule has 0 unspecified atom stereocenters. The van der Waals surface area contributed by atoms with Gasteiger partial charge in [-0.3, -0.25) is 4.79 Å². The Hall–Kier alpha value is -1.52. The molecule has 13 heavy (non-hydrogen) atoms. The van der Waals surface area contributed by atoms with Crippen molar-refractivity contribution in [3.05, 3.63) is 16.7 Å². The number of nitrogens with two attached hydrogens (primary N) is 1. The van der Waals surface area contributed by atoms with Crippen LogP contribution in [0.1, 0.15) is 19.8 Å². The van der Waals surface area contributed by atoms with E-state index in [1.807, 2.05) is 0 Å². The summed E-state index contributed by atoms with van der Waals surface area (Å²) in [6.45, 7) is 2.83. The molecule has 0 fully saturated rings. The van der Waals surface area contributed by atoms with Gasteiger partial charge in [-0.05, 0) is 6.42 Å². The van der Waals surface area contributed by atoms with Crippen molar-refractivity contribution in [2.75, 3.05) is 17.6 Å². The zero-order valence-electron chi connectivity index (χ0n) is 7.63. The second-order valence-electron chi connectivity index (χ2n) is 2.77. The van der Waals surface area contributed by atoms with Crippen LogP contribution in [0.5, 0.6) is 0 Å². The largest absolute Gasteiger partial charge is 0.382 e. The molecule has 4 N–H and O–H groups in total. The fraction of sp³-hybridized carbons (Fsp3) is 0.500. The van der Waals surface area contributed by atoms with Crippen LogP contribution in [0.25, 0.3) is 0 Å². The molecule has 1 rings (SSSR count). The molecule has 1 aromatic rings. The van der Waals surface area contributed by atoms with E-state index in [2.05, 4.69) is 22.2 Å². The Morgan fingerprint density at radius 2 is 2.46 bits per heavy atom. The van der Waals surface area contributed by atoms with Crippen LogP contribution in [-0.4, -0.2) is 16.5 Å². The van der Waals surface area contributed by atoms with Crippen LogP contribution in [0.3, 0.4) is 0 Å². The van der Waals surface area contributed by atoms with E-state index in [0.29, 0.717) is 5.69 Å². The fourth-order valence-electron chi connectivity index (χ4n) is 0.974. The van der Waals surface area contributed by atoms with E-state index in [-0.39, 0.29) is 11.4 Å². The molecule has 0 aliphatic rings. The highest BCUT2D eigenvalue weighted by Gasteiger charge is 2.02. The van der Waals surface area contributed by atoms with Crippen molar-refractivity contribution in [3.8, 4) is 0 Å². The van der Waals surface area contributed by atoms with Gasteiger partial charge >= 0.3 is 0 Å². The summed E-state index contributed by atoms with van der Waals surface area (Å²) < 4.78 is 0. The van der Waals surface area contributed by atoms with E-state index in [1.54, 1.807) is 0 Å². The summed E-state index contributed by atoms with van der Waals surface area (Å²) in [6, 6.07) is 0. The minimum atomic E-state index is -0.219. The van der Waals surface area contributed by atoms with Crippen LogP contribution in [-0.2, 0) is 0 Å². The highest BCUT2D eigenvalue weighted by molar-refractivity contribution is 5.59. The number of nitrogens with zero attached hydrogens (tertiary/aromatic N) is 1. The third-order valence-corrected chi connectivity index (χ3v) is 1.71. The number of hydrogen-bond acceptors (Lipinski definition) is 4. The zero-order valence-corrected chi connectivity index (χ0v) is 7.63. The summed E-state index contributed by atoms with van der Waals surface area (Å²) in [7, 11) is 0. The lowest BCUT2D eigenvalue weighted by molar-refractivity contribution is 0.832. The van der Waals surface area contributed by atoms with Crippen LogP contribution in [0.4, 0.5) is 11.5 Å². The Kier molecular flexibility index (Phi) is 3.31. The quantitative estimate of drug-likeness (QED) is 0.594. The lowest BCUT2D eigenvalue weighted by Crippen LogP contribution is -2.17. The number of nitrogens with one attached hydrogen (secondary N) is 2. The molecular formula is C8H14N4O. The molecular weight excluding hydrogens is 168 g/mol. The van der Waals surface area contributed by atoms with Crippen LogP contribution >= 0.6 is 0 Å². The monoisotopic (exact) mass is 182 g/mol. The van der Waals surface area contributed by atoms with Gasteiger partial charge in [-0.2, -0.15) is 0 Å². The van der Waals surface area contributed by atoms with Gasteiger partial charge in [-0.25, -0.2) is 4.98 Å². The van der Waals surface area contributed by atoms with Gasteiger partial charge in [0.2, 0.25) is 0 Å². The Morgan fingerprint density at radius 1 is 1.69 bits per heavy atom. The van der Waals surface area contributed by atoms with E-state index in [4.69, 9.17) is 5.73 Å². The number of anilines is 2. The molecule has 0 aromatic carbocycles. The molecule has 0 saturated carbocycles. The molecule has 0 atom stereocenters. The van der Waals surface area contributed by atoms with Crippen molar-refractivity contribution in [2.45, 2.75) is 19.8 Å². The second-order valence-corrected chi connectivity index (χ2v) is 2.77. The molecule has 0 aliphatic heterocycles. The first-order valence-electron chi connectivity index (χ1n) is 4.32. The number of hydrogen-bond donors (Lipinski definition) is 3. The SMILES string of the molecule is CCCCNc1c(N)nc[nH]c1=O. The first-order valence-corrected chi connectivity index (χ1v) is 4.32. The van der Waals surface area contributed by atoms with Gasteiger partial charge in [-0.15, -0.1) is 0 Å². The number of rotatable bonds is 4. The number of nitrogen functional groups attached to an aromatic ring is 1. The molecule has 0 radical (unpaired) electrons. The predicted octanol–water partition coefficient (Wildman–Crippen LogP) is 0.564. The van der Waals surface area contributed by atoms with Gasteiger partial charge in [0.1, 0.15) is 5.69 Å². The van der Waals surface area contributed by atoms with Crippen molar-refractivity contribution >= 4 is 11.5 Å². The Labute approximate surface area is 76.4 Å². The summed E-state index contributed by atoms with van der Waals surface area (Å²) in [6.07, 6.45) is 3.38. The predicted molar refractivity (Wildman–Crippen MR) is 52.7 cm³/mol. The maximum atomic E-state index is 11.2. The number of unbranched alkanes of at least 4 members (excludes halogenated alkanes) is 1. The van der Waals surface area contributed by atoms with E-state index < -0.39 is 0 Å². The van der Waals surface area contributed by atoms with Gasteiger partial charge in [0, 0.05) is 6.54 Å². The Balaban J connectivity index is 2.70. The van der Waals surface area contributed by atoms with Gasteiger partial charge in [-0.1, -0.05) is 13.3 Å². The first kappa shape index (κ1) is 9.57. The molecule has 1 heterocycles. The normalized spacial score (nSPS) is 9.92. The average Bonchev–Trinajstić information content (AvgIpc) is 2.10. The Bertz CT molecular complexity index is 320. The maximum absolute atomic E-state index is 11.2. The average molecular weight is 182 g/mol. The van der Waals surface area contributed by atoms with Crippen molar-refractivity contribution in [1.29, 1.82) is 0 Å². The van der Waals surface area contributed by atoms with Crippen molar-refractivity contribution in [3.63, 3.8) is 0 Å². The van der Waals surface area contributed by atoms with Crippen molar-refractivity contribution in [2.24, 2.45) is 0 Å². The third-order valence-electron chi connectivity index (χ3n) is 1.71. The topological polar surface area (TPSA) is 83.8 Å².